The van der Waals surface area contributed by atoms with Crippen LogP contribution < -0.4 is 0 Å². The highest BCUT2D eigenvalue weighted by molar-refractivity contribution is 5.86. The van der Waals surface area contributed by atoms with Gasteiger partial charge >= 0.3 is 5.97 Å². The molecule has 0 aliphatic carbocycles. The molecule has 1 aliphatic heterocycles. The molecule has 0 radical (unpaired) electrons. The Bertz CT molecular complexity index is 204. The first-order valence-corrected chi connectivity index (χ1v) is 4.00. The van der Waals surface area contributed by atoms with Crippen LogP contribution >= 0.6 is 0 Å². The molecule has 1 unspecified atom stereocenters. The molecule has 0 amide bonds. The second kappa shape index (κ2) is 3.27. The summed E-state index contributed by atoms with van der Waals surface area (Å²) in [6, 6.07) is 0. The van der Waals surface area contributed by atoms with Crippen molar-refractivity contribution in [1.82, 2.24) is 0 Å². The summed E-state index contributed by atoms with van der Waals surface area (Å²) < 4.78 is 10.2. The SMILES string of the molecule is C=C(C)C(=O)OCC1(C)CCO1. The minimum atomic E-state index is -0.341. The van der Waals surface area contributed by atoms with Crippen LogP contribution in [0.4, 0.5) is 0 Å². The number of carbonyl (C=O) groups excluding carboxylic acids is 1. The van der Waals surface area contributed by atoms with Gasteiger partial charge in [0.15, 0.2) is 0 Å². The molecule has 0 bridgehead atoms. The molecule has 1 heterocycles. The molecule has 1 fully saturated rings. The van der Waals surface area contributed by atoms with E-state index in [4.69, 9.17) is 9.47 Å². The number of esters is 1. The summed E-state index contributed by atoms with van der Waals surface area (Å²) >= 11 is 0. The summed E-state index contributed by atoms with van der Waals surface area (Å²) in [4.78, 5) is 11.0. The number of rotatable bonds is 3. The Balaban J connectivity index is 2.25. The summed E-state index contributed by atoms with van der Waals surface area (Å²) in [7, 11) is 0. The number of ether oxygens (including phenoxy) is 2. The normalized spacial score (nSPS) is 27.5. The van der Waals surface area contributed by atoms with E-state index in [-0.39, 0.29) is 11.6 Å². The van der Waals surface area contributed by atoms with E-state index in [0.717, 1.165) is 13.0 Å². The molecule has 0 aromatic rings. The van der Waals surface area contributed by atoms with Crippen LogP contribution in [0, 0.1) is 0 Å². The fourth-order valence-electron chi connectivity index (χ4n) is 0.906. The van der Waals surface area contributed by atoms with Gasteiger partial charge in [0.1, 0.15) is 12.2 Å². The molecule has 0 spiro atoms. The molecule has 1 aliphatic rings. The van der Waals surface area contributed by atoms with Crippen molar-refractivity contribution in [1.29, 1.82) is 0 Å². The zero-order valence-electron chi connectivity index (χ0n) is 7.55. The van der Waals surface area contributed by atoms with Gasteiger partial charge in [-0.3, -0.25) is 0 Å². The molecular formula is C9H14O3. The Morgan fingerprint density at radius 3 is 2.67 bits per heavy atom. The van der Waals surface area contributed by atoms with E-state index in [1.165, 1.54) is 0 Å². The molecule has 12 heavy (non-hydrogen) atoms. The highest BCUT2D eigenvalue weighted by atomic mass is 16.6. The minimum absolute atomic E-state index is 0.245. The van der Waals surface area contributed by atoms with E-state index < -0.39 is 0 Å². The van der Waals surface area contributed by atoms with Gasteiger partial charge in [0, 0.05) is 12.0 Å². The summed E-state index contributed by atoms with van der Waals surface area (Å²) in [5, 5.41) is 0. The summed E-state index contributed by atoms with van der Waals surface area (Å²) in [5.41, 5.74) is 0.184. The lowest BCUT2D eigenvalue weighted by Crippen LogP contribution is -2.45. The molecule has 1 saturated heterocycles. The van der Waals surface area contributed by atoms with Gasteiger partial charge in [0.25, 0.3) is 0 Å². The largest absolute Gasteiger partial charge is 0.459 e. The van der Waals surface area contributed by atoms with Crippen LogP contribution in [0.25, 0.3) is 0 Å². The second-order valence-corrected chi connectivity index (χ2v) is 3.40. The number of hydrogen-bond acceptors (Lipinski definition) is 3. The molecule has 0 aromatic carbocycles. The van der Waals surface area contributed by atoms with Gasteiger partial charge in [-0.05, 0) is 13.8 Å². The van der Waals surface area contributed by atoms with Gasteiger partial charge in [0.2, 0.25) is 0 Å². The first-order valence-electron chi connectivity index (χ1n) is 4.00. The molecular weight excluding hydrogens is 156 g/mol. The highest BCUT2D eigenvalue weighted by Crippen LogP contribution is 2.25. The monoisotopic (exact) mass is 170 g/mol. The molecule has 3 nitrogen and oxygen atoms in total. The van der Waals surface area contributed by atoms with E-state index in [2.05, 4.69) is 6.58 Å². The Labute approximate surface area is 72.4 Å². The van der Waals surface area contributed by atoms with E-state index in [9.17, 15) is 4.79 Å². The average molecular weight is 170 g/mol. The molecule has 68 valence electrons. The van der Waals surface area contributed by atoms with Crippen molar-refractivity contribution in [3.05, 3.63) is 12.2 Å². The van der Waals surface area contributed by atoms with Crippen LogP contribution in [0.2, 0.25) is 0 Å². The van der Waals surface area contributed by atoms with Crippen molar-refractivity contribution in [2.75, 3.05) is 13.2 Å². The maximum atomic E-state index is 11.0. The van der Waals surface area contributed by atoms with Gasteiger partial charge in [0.05, 0.1) is 6.61 Å². The van der Waals surface area contributed by atoms with Crippen molar-refractivity contribution < 1.29 is 14.3 Å². The molecule has 0 aromatic heterocycles. The van der Waals surface area contributed by atoms with Gasteiger partial charge < -0.3 is 9.47 Å². The van der Waals surface area contributed by atoms with Crippen molar-refractivity contribution in [2.45, 2.75) is 25.9 Å². The lowest BCUT2D eigenvalue weighted by molar-refractivity contribution is -0.178. The summed E-state index contributed by atoms with van der Waals surface area (Å²) in [6.07, 6.45) is 0.955. The maximum absolute atomic E-state index is 11.0. The summed E-state index contributed by atoms with van der Waals surface area (Å²) in [5.74, 6) is -0.341. The van der Waals surface area contributed by atoms with E-state index >= 15 is 0 Å². The zero-order chi connectivity index (χ0) is 9.19. The van der Waals surface area contributed by atoms with E-state index in [1.54, 1.807) is 6.92 Å². The van der Waals surface area contributed by atoms with Gasteiger partial charge in [-0.2, -0.15) is 0 Å². The third kappa shape index (κ3) is 2.08. The fraction of sp³-hybridized carbons (Fsp3) is 0.667. The maximum Gasteiger partial charge on any atom is 0.333 e. The Morgan fingerprint density at radius 1 is 1.75 bits per heavy atom. The standard InChI is InChI=1S/C9H14O3/c1-7(2)8(10)11-6-9(3)4-5-12-9/h1,4-6H2,2-3H3. The lowest BCUT2D eigenvalue weighted by atomic mass is 9.99. The number of carbonyl (C=O) groups is 1. The molecule has 0 N–H and O–H groups in total. The smallest absolute Gasteiger partial charge is 0.333 e. The van der Waals surface area contributed by atoms with Crippen LogP contribution in [-0.2, 0) is 14.3 Å². The molecule has 1 rings (SSSR count). The van der Waals surface area contributed by atoms with Crippen molar-refractivity contribution in [2.24, 2.45) is 0 Å². The van der Waals surface area contributed by atoms with Crippen molar-refractivity contribution in [3.63, 3.8) is 0 Å². The highest BCUT2D eigenvalue weighted by Gasteiger charge is 2.34. The predicted molar refractivity (Wildman–Crippen MR) is 44.7 cm³/mol. The van der Waals surface area contributed by atoms with Crippen LogP contribution in [0.15, 0.2) is 12.2 Å². The first-order chi connectivity index (χ1) is 5.53. The Morgan fingerprint density at radius 2 is 2.33 bits per heavy atom. The van der Waals surface area contributed by atoms with Crippen molar-refractivity contribution >= 4 is 5.97 Å². The number of hydrogen-bond donors (Lipinski definition) is 0. The van der Waals surface area contributed by atoms with E-state index in [1.807, 2.05) is 6.92 Å². The second-order valence-electron chi connectivity index (χ2n) is 3.40. The van der Waals surface area contributed by atoms with E-state index in [0.29, 0.717) is 12.2 Å². The minimum Gasteiger partial charge on any atom is -0.459 e. The van der Waals surface area contributed by atoms with Gasteiger partial charge in [-0.1, -0.05) is 6.58 Å². The fourth-order valence-corrected chi connectivity index (χ4v) is 0.906. The van der Waals surface area contributed by atoms with Crippen LogP contribution in [0.3, 0.4) is 0 Å². The predicted octanol–water partition coefficient (Wildman–Crippen LogP) is 1.28. The molecule has 0 saturated carbocycles. The average Bonchev–Trinajstić information content (AvgIpc) is 1.96. The third-order valence-corrected chi connectivity index (χ3v) is 1.94. The van der Waals surface area contributed by atoms with Crippen molar-refractivity contribution in [3.8, 4) is 0 Å². The zero-order valence-corrected chi connectivity index (χ0v) is 7.55. The molecule has 3 heteroatoms. The van der Waals surface area contributed by atoms with Crippen LogP contribution in [-0.4, -0.2) is 24.8 Å². The van der Waals surface area contributed by atoms with Crippen LogP contribution in [0.1, 0.15) is 20.3 Å². The lowest BCUT2D eigenvalue weighted by Gasteiger charge is -2.37. The Hall–Kier alpha value is -0.830. The van der Waals surface area contributed by atoms with Gasteiger partial charge in [-0.15, -0.1) is 0 Å². The van der Waals surface area contributed by atoms with Gasteiger partial charge in [-0.25, -0.2) is 4.79 Å². The third-order valence-electron chi connectivity index (χ3n) is 1.94. The van der Waals surface area contributed by atoms with Crippen LogP contribution in [0.5, 0.6) is 0 Å². The first kappa shape index (κ1) is 9.26. The Kier molecular flexibility index (Phi) is 2.52. The topological polar surface area (TPSA) is 35.5 Å². The summed E-state index contributed by atoms with van der Waals surface area (Å²) in [6.45, 7) is 8.15. The molecule has 1 atom stereocenters. The quantitative estimate of drug-likeness (QED) is 0.473.